The first-order valence-corrected chi connectivity index (χ1v) is 7.02. The smallest absolute Gasteiger partial charge is 0.132 e. The molecule has 0 aliphatic heterocycles. The van der Waals surface area contributed by atoms with E-state index in [1.165, 1.54) is 6.07 Å². The van der Waals surface area contributed by atoms with Gasteiger partial charge in [0.25, 0.3) is 0 Å². The summed E-state index contributed by atoms with van der Waals surface area (Å²) in [5.74, 6) is 0.907. The van der Waals surface area contributed by atoms with Gasteiger partial charge in [-0.3, -0.25) is 0 Å². The van der Waals surface area contributed by atoms with Gasteiger partial charge in [0.05, 0.1) is 17.9 Å². The standard InChI is InChI=1S/C14H17BrFN3/c1-8(2)5-12(17)14-18-7-13(19-14)10-6-9(15)3-4-11(10)16/h3-4,6-8,12H,5,17H2,1-2H3,(H,18,19). The van der Waals surface area contributed by atoms with Gasteiger partial charge >= 0.3 is 0 Å². The van der Waals surface area contributed by atoms with Crippen molar-refractivity contribution in [3.63, 3.8) is 0 Å². The maximum atomic E-state index is 13.8. The van der Waals surface area contributed by atoms with Gasteiger partial charge in [0.1, 0.15) is 11.6 Å². The molecule has 0 aliphatic rings. The summed E-state index contributed by atoms with van der Waals surface area (Å²) in [4.78, 5) is 7.36. The van der Waals surface area contributed by atoms with E-state index in [1.807, 2.05) is 0 Å². The number of nitrogens with one attached hydrogen (secondary N) is 1. The third kappa shape index (κ3) is 3.42. The van der Waals surface area contributed by atoms with Gasteiger partial charge in [0.15, 0.2) is 0 Å². The molecule has 0 spiro atoms. The molecular formula is C14H17BrFN3. The molecule has 5 heteroatoms. The zero-order valence-corrected chi connectivity index (χ0v) is 12.5. The van der Waals surface area contributed by atoms with Crippen LogP contribution in [0.1, 0.15) is 32.1 Å². The number of nitrogens with two attached hydrogens (primary N) is 1. The fraction of sp³-hybridized carbons (Fsp3) is 0.357. The van der Waals surface area contributed by atoms with Crippen LogP contribution in [0.3, 0.4) is 0 Å². The van der Waals surface area contributed by atoms with Crippen LogP contribution in [-0.2, 0) is 0 Å². The maximum absolute atomic E-state index is 13.8. The molecule has 0 fully saturated rings. The largest absolute Gasteiger partial charge is 0.341 e. The molecule has 3 N–H and O–H groups in total. The van der Waals surface area contributed by atoms with Crippen LogP contribution in [0.15, 0.2) is 28.9 Å². The normalized spacial score (nSPS) is 12.9. The number of aromatic amines is 1. The number of benzene rings is 1. The van der Waals surface area contributed by atoms with Crippen LogP contribution in [0.5, 0.6) is 0 Å². The number of halogens is 2. The van der Waals surface area contributed by atoms with Crippen molar-refractivity contribution in [3.8, 4) is 11.3 Å². The summed E-state index contributed by atoms with van der Waals surface area (Å²) in [6.45, 7) is 4.22. The molecule has 0 saturated heterocycles. The molecule has 3 nitrogen and oxygen atoms in total. The molecule has 0 aliphatic carbocycles. The van der Waals surface area contributed by atoms with Crippen molar-refractivity contribution in [1.82, 2.24) is 9.97 Å². The second kappa shape index (κ2) is 5.84. The van der Waals surface area contributed by atoms with E-state index in [9.17, 15) is 4.39 Å². The van der Waals surface area contributed by atoms with Crippen LogP contribution in [0.2, 0.25) is 0 Å². The van der Waals surface area contributed by atoms with Crippen LogP contribution in [0.25, 0.3) is 11.3 Å². The van der Waals surface area contributed by atoms with Crippen molar-refractivity contribution < 1.29 is 4.39 Å². The summed E-state index contributed by atoms with van der Waals surface area (Å²) < 4.78 is 14.6. The van der Waals surface area contributed by atoms with Gasteiger partial charge in [-0.05, 0) is 30.5 Å². The second-order valence-electron chi connectivity index (χ2n) is 5.04. The van der Waals surface area contributed by atoms with Crippen LogP contribution in [0.4, 0.5) is 4.39 Å². The third-order valence-corrected chi connectivity index (χ3v) is 3.38. The Labute approximate surface area is 120 Å². The van der Waals surface area contributed by atoms with E-state index in [-0.39, 0.29) is 11.9 Å². The highest BCUT2D eigenvalue weighted by atomic mass is 79.9. The van der Waals surface area contributed by atoms with Gasteiger partial charge in [0.2, 0.25) is 0 Å². The second-order valence-corrected chi connectivity index (χ2v) is 5.96. The summed E-state index contributed by atoms with van der Waals surface area (Å²) in [6, 6.07) is 4.67. The molecule has 1 aromatic heterocycles. The Morgan fingerprint density at radius 1 is 1.42 bits per heavy atom. The third-order valence-electron chi connectivity index (χ3n) is 2.89. The minimum absolute atomic E-state index is 0.149. The molecular weight excluding hydrogens is 309 g/mol. The van der Waals surface area contributed by atoms with Crippen LogP contribution >= 0.6 is 15.9 Å². The Morgan fingerprint density at radius 3 is 2.84 bits per heavy atom. The van der Waals surface area contributed by atoms with Crippen LogP contribution in [0, 0.1) is 11.7 Å². The number of H-pyrrole nitrogens is 1. The number of hydrogen-bond acceptors (Lipinski definition) is 2. The van der Waals surface area contributed by atoms with Gasteiger partial charge in [-0.2, -0.15) is 0 Å². The molecule has 0 amide bonds. The molecule has 1 atom stereocenters. The zero-order valence-electron chi connectivity index (χ0n) is 11.0. The molecule has 2 aromatic rings. The highest BCUT2D eigenvalue weighted by molar-refractivity contribution is 9.10. The minimum Gasteiger partial charge on any atom is -0.341 e. The Morgan fingerprint density at radius 2 is 2.16 bits per heavy atom. The van der Waals surface area contributed by atoms with Gasteiger partial charge in [-0.1, -0.05) is 29.8 Å². The predicted molar refractivity (Wildman–Crippen MR) is 78.1 cm³/mol. The fourth-order valence-electron chi connectivity index (χ4n) is 1.99. The molecule has 0 bridgehead atoms. The van der Waals surface area contributed by atoms with Gasteiger partial charge < -0.3 is 10.7 Å². The lowest BCUT2D eigenvalue weighted by atomic mass is 10.0. The van der Waals surface area contributed by atoms with Gasteiger partial charge in [0, 0.05) is 10.0 Å². The van der Waals surface area contributed by atoms with E-state index in [4.69, 9.17) is 5.73 Å². The van der Waals surface area contributed by atoms with Crippen molar-refractivity contribution >= 4 is 15.9 Å². The van der Waals surface area contributed by atoms with Gasteiger partial charge in [-0.15, -0.1) is 0 Å². The topological polar surface area (TPSA) is 54.7 Å². The molecule has 1 aromatic carbocycles. The van der Waals surface area contributed by atoms with E-state index in [1.54, 1.807) is 18.3 Å². The monoisotopic (exact) mass is 325 g/mol. The van der Waals surface area contributed by atoms with E-state index >= 15 is 0 Å². The first-order valence-electron chi connectivity index (χ1n) is 6.23. The van der Waals surface area contributed by atoms with E-state index in [0.717, 1.165) is 10.9 Å². The molecule has 2 rings (SSSR count). The Bertz CT molecular complexity index is 566. The Hall–Kier alpha value is -1.20. The Kier molecular flexibility index (Phi) is 4.37. The minimum atomic E-state index is -0.282. The highest BCUT2D eigenvalue weighted by Crippen LogP contribution is 2.26. The van der Waals surface area contributed by atoms with Crippen molar-refractivity contribution in [2.75, 3.05) is 0 Å². The summed E-state index contributed by atoms with van der Waals surface area (Å²) in [5.41, 5.74) is 7.20. The number of hydrogen-bond donors (Lipinski definition) is 2. The lowest BCUT2D eigenvalue weighted by molar-refractivity contribution is 0.496. The first-order chi connectivity index (χ1) is 8.97. The summed E-state index contributed by atoms with van der Waals surface area (Å²) in [6.07, 6.45) is 2.47. The van der Waals surface area contributed by atoms with Crippen molar-refractivity contribution in [1.29, 1.82) is 0 Å². The van der Waals surface area contributed by atoms with Gasteiger partial charge in [-0.25, -0.2) is 9.37 Å². The van der Waals surface area contributed by atoms with E-state index in [0.29, 0.717) is 23.0 Å². The molecule has 1 unspecified atom stereocenters. The summed E-state index contributed by atoms with van der Waals surface area (Å²) in [7, 11) is 0. The average molecular weight is 326 g/mol. The fourth-order valence-corrected chi connectivity index (χ4v) is 2.35. The molecule has 1 heterocycles. The van der Waals surface area contributed by atoms with Crippen LogP contribution < -0.4 is 5.73 Å². The average Bonchev–Trinajstić information content (AvgIpc) is 2.80. The predicted octanol–water partition coefficient (Wildman–Crippen LogP) is 4.02. The number of aromatic nitrogens is 2. The summed E-state index contributed by atoms with van der Waals surface area (Å²) >= 11 is 3.34. The molecule has 0 radical (unpaired) electrons. The number of nitrogens with zero attached hydrogens (tertiary/aromatic N) is 1. The quantitative estimate of drug-likeness (QED) is 0.891. The van der Waals surface area contributed by atoms with Crippen molar-refractivity contribution in [3.05, 3.63) is 40.5 Å². The maximum Gasteiger partial charge on any atom is 0.132 e. The van der Waals surface area contributed by atoms with Crippen molar-refractivity contribution in [2.24, 2.45) is 11.7 Å². The SMILES string of the molecule is CC(C)CC(N)c1ncc(-c2cc(Br)ccc2F)[nH]1. The van der Waals surface area contributed by atoms with E-state index < -0.39 is 0 Å². The number of rotatable bonds is 4. The zero-order chi connectivity index (χ0) is 14.0. The molecule has 102 valence electrons. The lowest BCUT2D eigenvalue weighted by Crippen LogP contribution is -2.14. The summed E-state index contributed by atoms with van der Waals surface area (Å²) in [5, 5.41) is 0. The lowest BCUT2D eigenvalue weighted by Gasteiger charge is -2.11. The van der Waals surface area contributed by atoms with Crippen LogP contribution in [-0.4, -0.2) is 9.97 Å². The molecule has 0 saturated carbocycles. The highest BCUT2D eigenvalue weighted by Gasteiger charge is 2.14. The van der Waals surface area contributed by atoms with Crippen molar-refractivity contribution in [2.45, 2.75) is 26.3 Å². The molecule has 19 heavy (non-hydrogen) atoms. The Balaban J connectivity index is 2.28. The number of imidazole rings is 1. The first kappa shape index (κ1) is 14.2. The van der Waals surface area contributed by atoms with E-state index in [2.05, 4.69) is 39.7 Å².